The van der Waals surface area contributed by atoms with Crippen LogP contribution in [-0.4, -0.2) is 5.78 Å². The lowest BCUT2D eigenvalue weighted by Gasteiger charge is -2.09. The van der Waals surface area contributed by atoms with Crippen molar-refractivity contribution in [2.24, 2.45) is 0 Å². The number of hydrogen-bond donors (Lipinski definition) is 0. The largest absolute Gasteiger partial charge is 0.289 e. The molecular formula is C25H14O. The van der Waals surface area contributed by atoms with Crippen LogP contribution in [0.25, 0.3) is 43.4 Å². The summed E-state index contributed by atoms with van der Waals surface area (Å²) in [6, 6.07) is 29.3. The van der Waals surface area contributed by atoms with Crippen LogP contribution in [0.5, 0.6) is 0 Å². The highest BCUT2D eigenvalue weighted by atomic mass is 16.1. The molecule has 1 heteroatoms. The van der Waals surface area contributed by atoms with Gasteiger partial charge in [-0.15, -0.1) is 0 Å². The molecule has 6 rings (SSSR count). The molecule has 0 radical (unpaired) electrons. The molecule has 0 atom stereocenters. The normalized spacial score (nSPS) is 12.7. The second-order valence-electron chi connectivity index (χ2n) is 6.94. The summed E-state index contributed by atoms with van der Waals surface area (Å²) in [7, 11) is 0. The van der Waals surface area contributed by atoms with Crippen LogP contribution >= 0.6 is 0 Å². The Bertz CT molecular complexity index is 1390. The number of fused-ring (bicyclic) bond motifs is 8. The first kappa shape index (κ1) is 13.8. The van der Waals surface area contributed by atoms with Crippen LogP contribution in [0.15, 0.2) is 84.9 Å². The lowest BCUT2D eigenvalue weighted by Crippen LogP contribution is -1.96. The summed E-state index contributed by atoms with van der Waals surface area (Å²) in [4.78, 5) is 13.1. The first-order chi connectivity index (χ1) is 12.8. The molecule has 0 fully saturated rings. The van der Waals surface area contributed by atoms with Crippen molar-refractivity contribution >= 4 is 38.1 Å². The molecule has 1 aliphatic rings. The third kappa shape index (κ3) is 1.67. The minimum Gasteiger partial charge on any atom is -0.289 e. The zero-order chi connectivity index (χ0) is 17.3. The van der Waals surface area contributed by atoms with Crippen molar-refractivity contribution in [2.75, 3.05) is 0 Å². The van der Waals surface area contributed by atoms with E-state index in [0.29, 0.717) is 0 Å². The van der Waals surface area contributed by atoms with Crippen molar-refractivity contribution < 1.29 is 4.79 Å². The van der Waals surface area contributed by atoms with Crippen LogP contribution in [0.4, 0.5) is 0 Å². The molecular weight excluding hydrogens is 316 g/mol. The zero-order valence-electron chi connectivity index (χ0n) is 14.0. The van der Waals surface area contributed by atoms with Crippen LogP contribution in [0, 0.1) is 0 Å². The molecule has 0 heterocycles. The van der Waals surface area contributed by atoms with Gasteiger partial charge in [0.1, 0.15) is 0 Å². The second-order valence-corrected chi connectivity index (χ2v) is 6.94. The van der Waals surface area contributed by atoms with Gasteiger partial charge in [0.25, 0.3) is 0 Å². The predicted octanol–water partition coefficient (Wildman–Crippen LogP) is 6.36. The molecule has 1 nitrogen and oxygen atoms in total. The number of rotatable bonds is 0. The summed E-state index contributed by atoms with van der Waals surface area (Å²) in [6.45, 7) is 0. The van der Waals surface area contributed by atoms with E-state index in [9.17, 15) is 4.79 Å². The fraction of sp³-hybridized carbons (Fsp3) is 0. The van der Waals surface area contributed by atoms with E-state index in [2.05, 4.69) is 60.7 Å². The standard InChI is InChI=1S/C25H14O/c26-25-22-8-4-3-7-18(22)21-12-11-19-20(24(21)25)10-9-17-13-15-5-1-2-6-16(15)14-23(17)19/h1-14H. The van der Waals surface area contributed by atoms with E-state index < -0.39 is 0 Å². The summed E-state index contributed by atoms with van der Waals surface area (Å²) in [5.41, 5.74) is 3.76. The number of ketones is 1. The van der Waals surface area contributed by atoms with Gasteiger partial charge in [-0.05, 0) is 55.6 Å². The highest BCUT2D eigenvalue weighted by molar-refractivity contribution is 6.29. The molecule has 5 aromatic carbocycles. The molecule has 120 valence electrons. The SMILES string of the molecule is O=C1c2ccccc2-c2ccc3c(ccc4cc5ccccc5cc43)c21. The van der Waals surface area contributed by atoms with E-state index in [0.717, 1.165) is 33.0 Å². The van der Waals surface area contributed by atoms with Crippen LogP contribution in [0.2, 0.25) is 0 Å². The Labute approximate surface area is 150 Å². The number of carbonyl (C=O) groups is 1. The Morgan fingerprint density at radius 3 is 2.00 bits per heavy atom. The van der Waals surface area contributed by atoms with Crippen molar-refractivity contribution in [2.45, 2.75) is 0 Å². The third-order valence-corrected chi connectivity index (χ3v) is 5.57. The molecule has 0 amide bonds. The first-order valence-electron chi connectivity index (χ1n) is 8.83. The highest BCUT2D eigenvalue weighted by Gasteiger charge is 2.28. The minimum absolute atomic E-state index is 0.140. The summed E-state index contributed by atoms with van der Waals surface area (Å²) in [6.07, 6.45) is 0. The van der Waals surface area contributed by atoms with E-state index in [4.69, 9.17) is 0 Å². The first-order valence-corrected chi connectivity index (χ1v) is 8.83. The molecule has 5 aromatic rings. The molecule has 0 saturated heterocycles. The van der Waals surface area contributed by atoms with E-state index in [-0.39, 0.29) is 5.78 Å². The average Bonchev–Trinajstić information content (AvgIpc) is 2.99. The Morgan fingerprint density at radius 1 is 0.462 bits per heavy atom. The number of carbonyl (C=O) groups excluding carboxylic acids is 1. The molecule has 1 aliphatic carbocycles. The Kier molecular flexibility index (Phi) is 2.55. The minimum atomic E-state index is 0.140. The van der Waals surface area contributed by atoms with Gasteiger partial charge in [0.15, 0.2) is 5.78 Å². The maximum atomic E-state index is 13.1. The fourth-order valence-corrected chi connectivity index (χ4v) is 4.35. The zero-order valence-corrected chi connectivity index (χ0v) is 14.0. The van der Waals surface area contributed by atoms with Gasteiger partial charge in [0.05, 0.1) is 0 Å². The lowest BCUT2D eigenvalue weighted by molar-refractivity contribution is 0.104. The second kappa shape index (κ2) is 4.80. The van der Waals surface area contributed by atoms with Crippen LogP contribution < -0.4 is 0 Å². The van der Waals surface area contributed by atoms with Crippen molar-refractivity contribution in [1.82, 2.24) is 0 Å². The van der Waals surface area contributed by atoms with Gasteiger partial charge in [-0.2, -0.15) is 0 Å². The monoisotopic (exact) mass is 330 g/mol. The molecule has 0 saturated carbocycles. The van der Waals surface area contributed by atoms with Crippen LogP contribution in [0.1, 0.15) is 15.9 Å². The maximum Gasteiger partial charge on any atom is 0.194 e. The molecule has 0 bridgehead atoms. The van der Waals surface area contributed by atoms with Gasteiger partial charge in [-0.3, -0.25) is 4.79 Å². The Balaban J connectivity index is 1.76. The summed E-state index contributed by atoms with van der Waals surface area (Å²) >= 11 is 0. The fourth-order valence-electron chi connectivity index (χ4n) is 4.35. The third-order valence-electron chi connectivity index (χ3n) is 5.57. The Morgan fingerprint density at radius 2 is 1.15 bits per heavy atom. The van der Waals surface area contributed by atoms with Crippen LogP contribution in [0.3, 0.4) is 0 Å². The van der Waals surface area contributed by atoms with Gasteiger partial charge in [-0.1, -0.05) is 72.8 Å². The topological polar surface area (TPSA) is 17.1 Å². The van der Waals surface area contributed by atoms with E-state index >= 15 is 0 Å². The number of hydrogen-bond acceptors (Lipinski definition) is 1. The van der Waals surface area contributed by atoms with Crippen molar-refractivity contribution in [3.8, 4) is 11.1 Å². The van der Waals surface area contributed by atoms with Gasteiger partial charge in [-0.25, -0.2) is 0 Å². The molecule has 0 spiro atoms. The van der Waals surface area contributed by atoms with Crippen molar-refractivity contribution in [3.05, 3.63) is 96.1 Å². The quantitative estimate of drug-likeness (QED) is 0.234. The maximum absolute atomic E-state index is 13.1. The van der Waals surface area contributed by atoms with Gasteiger partial charge < -0.3 is 0 Å². The summed E-state index contributed by atoms with van der Waals surface area (Å²) < 4.78 is 0. The molecule has 26 heavy (non-hydrogen) atoms. The van der Waals surface area contributed by atoms with Gasteiger partial charge in [0, 0.05) is 11.1 Å². The molecule has 0 unspecified atom stereocenters. The number of benzene rings is 5. The van der Waals surface area contributed by atoms with E-state index in [1.54, 1.807) is 0 Å². The predicted molar refractivity (Wildman–Crippen MR) is 108 cm³/mol. The smallest absolute Gasteiger partial charge is 0.194 e. The highest BCUT2D eigenvalue weighted by Crippen LogP contribution is 2.42. The van der Waals surface area contributed by atoms with E-state index in [1.165, 1.54) is 21.5 Å². The molecule has 0 N–H and O–H groups in total. The summed E-state index contributed by atoms with van der Waals surface area (Å²) in [5, 5.41) is 7.07. The van der Waals surface area contributed by atoms with Crippen molar-refractivity contribution in [3.63, 3.8) is 0 Å². The van der Waals surface area contributed by atoms with Gasteiger partial charge >= 0.3 is 0 Å². The Hall–Kier alpha value is -3.45. The lowest BCUT2D eigenvalue weighted by atomic mass is 9.93. The van der Waals surface area contributed by atoms with E-state index in [1.807, 2.05) is 24.3 Å². The molecule has 0 aliphatic heterocycles. The molecule has 0 aromatic heterocycles. The average molecular weight is 330 g/mol. The van der Waals surface area contributed by atoms with Crippen LogP contribution in [-0.2, 0) is 0 Å². The van der Waals surface area contributed by atoms with Gasteiger partial charge in [0.2, 0.25) is 0 Å². The summed E-state index contributed by atoms with van der Waals surface area (Å²) in [5.74, 6) is 0.140. The van der Waals surface area contributed by atoms with Crippen molar-refractivity contribution in [1.29, 1.82) is 0 Å².